The Hall–Kier alpha value is -2.67. The monoisotopic (exact) mass is 355 g/mol. The molecule has 1 amide bonds. The molecule has 0 atom stereocenters. The van der Waals surface area contributed by atoms with Crippen molar-refractivity contribution in [3.8, 4) is 5.75 Å². The zero-order valence-corrected chi connectivity index (χ0v) is 15.3. The van der Waals surface area contributed by atoms with Crippen LogP contribution in [0.1, 0.15) is 23.0 Å². The Balaban J connectivity index is 1.64. The molecule has 0 spiro atoms. The average Bonchev–Trinajstić information content (AvgIpc) is 2.72. The Kier molecular flexibility index (Phi) is 6.01. The van der Waals surface area contributed by atoms with Crippen molar-refractivity contribution in [3.63, 3.8) is 0 Å². The van der Waals surface area contributed by atoms with Crippen LogP contribution in [-0.2, 0) is 6.54 Å². The number of amides is 1. The Labute approximate surface area is 154 Å². The van der Waals surface area contributed by atoms with Crippen LogP contribution < -0.4 is 10.1 Å². The van der Waals surface area contributed by atoms with Crippen molar-refractivity contribution in [1.82, 2.24) is 19.8 Å². The van der Waals surface area contributed by atoms with Crippen molar-refractivity contribution in [2.24, 2.45) is 0 Å². The molecular weight excluding hydrogens is 330 g/mol. The van der Waals surface area contributed by atoms with Gasteiger partial charge in [-0.15, -0.1) is 0 Å². The minimum atomic E-state index is -0.0384. The molecule has 0 radical (unpaired) electrons. The van der Waals surface area contributed by atoms with Gasteiger partial charge in [-0.3, -0.25) is 4.79 Å². The molecule has 0 saturated carbocycles. The highest BCUT2D eigenvalue weighted by Crippen LogP contribution is 2.18. The van der Waals surface area contributed by atoms with Crippen LogP contribution >= 0.6 is 0 Å². The third kappa shape index (κ3) is 4.29. The first-order chi connectivity index (χ1) is 12.7. The molecule has 1 aromatic heterocycles. The summed E-state index contributed by atoms with van der Waals surface area (Å²) in [5.41, 5.74) is 1.45. The molecule has 1 N–H and O–H groups in total. The lowest BCUT2D eigenvalue weighted by Crippen LogP contribution is -2.48. The minimum Gasteiger partial charge on any atom is -0.496 e. The van der Waals surface area contributed by atoms with E-state index in [0.717, 1.165) is 44.0 Å². The van der Waals surface area contributed by atoms with Crippen LogP contribution in [0.3, 0.4) is 0 Å². The van der Waals surface area contributed by atoms with Gasteiger partial charge in [-0.2, -0.15) is 0 Å². The van der Waals surface area contributed by atoms with E-state index in [1.54, 1.807) is 13.2 Å². The molecule has 7 heteroatoms. The van der Waals surface area contributed by atoms with Crippen molar-refractivity contribution >= 4 is 11.7 Å². The predicted octanol–water partition coefficient (Wildman–Crippen LogP) is 1.87. The summed E-state index contributed by atoms with van der Waals surface area (Å²) >= 11 is 0. The zero-order valence-electron chi connectivity index (χ0n) is 15.3. The molecule has 26 heavy (non-hydrogen) atoms. The molecule has 1 saturated heterocycles. The summed E-state index contributed by atoms with van der Waals surface area (Å²) in [4.78, 5) is 25.3. The Morgan fingerprint density at radius 2 is 1.96 bits per heavy atom. The number of piperazine rings is 1. The van der Waals surface area contributed by atoms with Gasteiger partial charge >= 0.3 is 0 Å². The summed E-state index contributed by atoms with van der Waals surface area (Å²) in [6, 6.07) is 9.52. The summed E-state index contributed by atoms with van der Waals surface area (Å²) in [6.07, 6.45) is 1.43. The van der Waals surface area contributed by atoms with E-state index in [1.807, 2.05) is 29.2 Å². The maximum Gasteiger partial charge on any atom is 0.272 e. The third-order valence-corrected chi connectivity index (χ3v) is 4.65. The Bertz CT molecular complexity index is 744. The van der Waals surface area contributed by atoms with Gasteiger partial charge in [-0.25, -0.2) is 9.97 Å². The number of methoxy groups -OCH3 is 1. The number of rotatable bonds is 6. The molecule has 0 aliphatic carbocycles. The van der Waals surface area contributed by atoms with Crippen LogP contribution in [0.15, 0.2) is 36.7 Å². The van der Waals surface area contributed by atoms with Crippen LogP contribution in [0.2, 0.25) is 0 Å². The minimum absolute atomic E-state index is 0.0384. The fourth-order valence-electron chi connectivity index (χ4n) is 3.03. The van der Waals surface area contributed by atoms with E-state index in [-0.39, 0.29) is 5.91 Å². The SMILES string of the molecule is CCN1CCN(C(=O)c2cc(NCc3ccccc3OC)ncn2)CC1. The lowest BCUT2D eigenvalue weighted by molar-refractivity contribution is 0.0637. The molecular formula is C19H25N5O2. The van der Waals surface area contributed by atoms with Gasteiger partial charge in [0.25, 0.3) is 5.91 Å². The zero-order chi connectivity index (χ0) is 18.4. The number of anilines is 1. The van der Waals surface area contributed by atoms with Crippen molar-refractivity contribution in [3.05, 3.63) is 47.9 Å². The summed E-state index contributed by atoms with van der Waals surface area (Å²) < 4.78 is 5.36. The van der Waals surface area contributed by atoms with Crippen molar-refractivity contribution in [2.45, 2.75) is 13.5 Å². The van der Waals surface area contributed by atoms with Gasteiger partial charge in [0.05, 0.1) is 7.11 Å². The predicted molar refractivity (Wildman–Crippen MR) is 100 cm³/mol. The number of nitrogens with zero attached hydrogens (tertiary/aromatic N) is 4. The largest absolute Gasteiger partial charge is 0.496 e. The number of likely N-dealkylation sites (N-methyl/N-ethyl adjacent to an activating group) is 1. The topological polar surface area (TPSA) is 70.6 Å². The second kappa shape index (κ2) is 8.62. The first-order valence-corrected chi connectivity index (χ1v) is 8.90. The maximum atomic E-state index is 12.7. The molecule has 138 valence electrons. The number of hydrogen-bond donors (Lipinski definition) is 1. The van der Waals surface area contributed by atoms with Gasteiger partial charge < -0.3 is 19.9 Å². The highest BCUT2D eigenvalue weighted by molar-refractivity contribution is 5.93. The second-order valence-electron chi connectivity index (χ2n) is 6.18. The first kappa shape index (κ1) is 18.1. The van der Waals surface area contributed by atoms with Gasteiger partial charge in [0.1, 0.15) is 23.6 Å². The van der Waals surface area contributed by atoms with E-state index in [4.69, 9.17) is 4.74 Å². The number of benzene rings is 1. The van der Waals surface area contributed by atoms with Gasteiger partial charge in [0, 0.05) is 44.4 Å². The van der Waals surface area contributed by atoms with E-state index in [2.05, 4.69) is 27.1 Å². The smallest absolute Gasteiger partial charge is 0.272 e. The van der Waals surface area contributed by atoms with E-state index in [9.17, 15) is 4.79 Å². The fourth-order valence-corrected chi connectivity index (χ4v) is 3.03. The van der Waals surface area contributed by atoms with E-state index in [0.29, 0.717) is 18.1 Å². The lowest BCUT2D eigenvalue weighted by atomic mass is 10.2. The average molecular weight is 355 g/mol. The quantitative estimate of drug-likeness (QED) is 0.853. The van der Waals surface area contributed by atoms with Crippen LogP contribution in [-0.4, -0.2) is 65.5 Å². The molecule has 2 heterocycles. The molecule has 1 aliphatic heterocycles. The molecule has 0 bridgehead atoms. The summed E-state index contributed by atoms with van der Waals surface area (Å²) in [6.45, 7) is 7.01. The molecule has 2 aromatic rings. The standard InChI is InChI=1S/C19H25N5O2/c1-3-23-8-10-24(11-9-23)19(25)16-12-18(22-14-21-16)20-13-15-6-4-5-7-17(15)26-2/h4-7,12,14H,3,8-11,13H2,1-2H3,(H,20,21,22). The second-order valence-corrected chi connectivity index (χ2v) is 6.18. The van der Waals surface area contributed by atoms with Gasteiger partial charge in [0.15, 0.2) is 0 Å². The lowest BCUT2D eigenvalue weighted by Gasteiger charge is -2.33. The molecule has 3 rings (SSSR count). The highest BCUT2D eigenvalue weighted by atomic mass is 16.5. The molecule has 1 fully saturated rings. The first-order valence-electron chi connectivity index (χ1n) is 8.90. The molecule has 0 unspecified atom stereocenters. The van der Waals surface area contributed by atoms with Crippen LogP contribution in [0.4, 0.5) is 5.82 Å². The Morgan fingerprint density at radius 3 is 2.69 bits per heavy atom. The number of hydrogen-bond acceptors (Lipinski definition) is 6. The van der Waals surface area contributed by atoms with Crippen LogP contribution in [0.25, 0.3) is 0 Å². The maximum absolute atomic E-state index is 12.7. The number of para-hydroxylation sites is 1. The highest BCUT2D eigenvalue weighted by Gasteiger charge is 2.22. The number of nitrogens with one attached hydrogen (secondary N) is 1. The number of ether oxygens (including phenoxy) is 1. The summed E-state index contributed by atoms with van der Waals surface area (Å²) in [7, 11) is 1.65. The molecule has 1 aromatic carbocycles. The van der Waals surface area contributed by atoms with E-state index >= 15 is 0 Å². The van der Waals surface area contributed by atoms with Gasteiger partial charge in [0.2, 0.25) is 0 Å². The third-order valence-electron chi connectivity index (χ3n) is 4.65. The summed E-state index contributed by atoms with van der Waals surface area (Å²) in [5.74, 6) is 1.41. The number of aromatic nitrogens is 2. The fraction of sp³-hybridized carbons (Fsp3) is 0.421. The van der Waals surface area contributed by atoms with Crippen molar-refractivity contribution in [1.29, 1.82) is 0 Å². The van der Waals surface area contributed by atoms with Crippen LogP contribution in [0.5, 0.6) is 5.75 Å². The number of carbonyl (C=O) groups excluding carboxylic acids is 1. The van der Waals surface area contributed by atoms with Gasteiger partial charge in [-0.05, 0) is 12.6 Å². The van der Waals surface area contributed by atoms with Crippen LogP contribution in [0, 0.1) is 0 Å². The molecule has 1 aliphatic rings. The van der Waals surface area contributed by atoms with Crippen molar-refractivity contribution < 1.29 is 9.53 Å². The van der Waals surface area contributed by atoms with E-state index < -0.39 is 0 Å². The van der Waals surface area contributed by atoms with Gasteiger partial charge in [-0.1, -0.05) is 25.1 Å². The number of carbonyl (C=O) groups is 1. The normalized spacial score (nSPS) is 14.9. The summed E-state index contributed by atoms with van der Waals surface area (Å²) in [5, 5.41) is 3.24. The molecule has 7 nitrogen and oxygen atoms in total. The Morgan fingerprint density at radius 1 is 1.19 bits per heavy atom. The van der Waals surface area contributed by atoms with E-state index in [1.165, 1.54) is 6.33 Å². The van der Waals surface area contributed by atoms with Crippen molar-refractivity contribution in [2.75, 3.05) is 45.2 Å².